The summed E-state index contributed by atoms with van der Waals surface area (Å²) in [5, 5.41) is 10.0. The number of ether oxygens (including phenoxy) is 2. The number of ketones is 1. The first-order valence-electron chi connectivity index (χ1n) is 6.25. The Labute approximate surface area is 111 Å². The minimum Gasteiger partial charge on any atom is -0.469 e. The summed E-state index contributed by atoms with van der Waals surface area (Å²) in [5.74, 6) is -2.80. The number of fused-ring (bicyclic) bond motifs is 1. The molecule has 0 bridgehead atoms. The average Bonchev–Trinajstić information content (AvgIpc) is 2.83. The lowest BCUT2D eigenvalue weighted by molar-refractivity contribution is -0.158. The molecule has 0 heterocycles. The van der Waals surface area contributed by atoms with E-state index < -0.39 is 29.4 Å². The van der Waals surface area contributed by atoms with Crippen LogP contribution in [-0.4, -0.2) is 43.2 Å². The predicted octanol–water partition coefficient (Wildman–Crippen LogP) is -0.0753. The molecule has 6 heteroatoms. The highest BCUT2D eigenvalue weighted by molar-refractivity contribution is 6.06. The van der Waals surface area contributed by atoms with Crippen molar-refractivity contribution >= 4 is 17.7 Å². The molecule has 2 rings (SSSR count). The molecule has 0 aromatic carbocycles. The lowest BCUT2D eigenvalue weighted by atomic mass is 9.77. The number of aliphatic hydroxyl groups is 1. The minimum absolute atomic E-state index is 0.104. The molecule has 0 aromatic heterocycles. The van der Waals surface area contributed by atoms with Gasteiger partial charge in [0.1, 0.15) is 5.41 Å². The van der Waals surface area contributed by atoms with Crippen LogP contribution in [0.25, 0.3) is 0 Å². The number of carbonyl (C=O) groups excluding carboxylic acids is 3. The van der Waals surface area contributed by atoms with E-state index in [1.165, 1.54) is 21.1 Å². The Morgan fingerprint density at radius 2 is 1.95 bits per heavy atom. The summed E-state index contributed by atoms with van der Waals surface area (Å²) in [7, 11) is 2.48. The third kappa shape index (κ3) is 1.77. The zero-order valence-electron chi connectivity index (χ0n) is 11.2. The van der Waals surface area contributed by atoms with Gasteiger partial charge in [0.2, 0.25) is 0 Å². The SMILES string of the molecule is COC(=O)[C@@H]1[C@H]2CC(=O)[C@@](C)(C(=O)OC)[C@H]2C[C@H]1O. The van der Waals surface area contributed by atoms with Crippen molar-refractivity contribution in [2.75, 3.05) is 14.2 Å². The number of hydrogen-bond acceptors (Lipinski definition) is 6. The Hall–Kier alpha value is -1.43. The molecule has 0 unspecified atom stereocenters. The van der Waals surface area contributed by atoms with Crippen LogP contribution in [0.5, 0.6) is 0 Å². The van der Waals surface area contributed by atoms with Crippen LogP contribution in [0.2, 0.25) is 0 Å². The number of Topliss-reactive ketones (excluding diaryl/α,β-unsaturated/α-hetero) is 1. The largest absolute Gasteiger partial charge is 0.469 e. The van der Waals surface area contributed by atoms with Gasteiger partial charge in [-0.05, 0) is 25.2 Å². The Kier molecular flexibility index (Phi) is 3.38. The number of hydrogen-bond donors (Lipinski definition) is 1. The highest BCUT2D eigenvalue weighted by atomic mass is 16.5. The van der Waals surface area contributed by atoms with Crippen molar-refractivity contribution in [3.63, 3.8) is 0 Å². The average molecular weight is 270 g/mol. The van der Waals surface area contributed by atoms with Crippen LogP contribution < -0.4 is 0 Å². The van der Waals surface area contributed by atoms with Crippen LogP contribution in [0.3, 0.4) is 0 Å². The van der Waals surface area contributed by atoms with Crippen molar-refractivity contribution in [3.05, 3.63) is 0 Å². The van der Waals surface area contributed by atoms with Crippen LogP contribution in [0.15, 0.2) is 0 Å². The zero-order chi connectivity index (χ0) is 14.4. The third-order valence-corrected chi connectivity index (χ3v) is 4.71. The second kappa shape index (κ2) is 4.59. The number of rotatable bonds is 2. The molecule has 2 saturated carbocycles. The molecule has 0 saturated heterocycles. The normalized spacial score (nSPS) is 40.9. The Balaban J connectivity index is 2.35. The number of aliphatic hydroxyl groups excluding tert-OH is 1. The fourth-order valence-corrected chi connectivity index (χ4v) is 3.63. The van der Waals surface area contributed by atoms with Crippen molar-refractivity contribution < 1.29 is 29.0 Å². The van der Waals surface area contributed by atoms with Crippen molar-refractivity contribution in [1.82, 2.24) is 0 Å². The van der Waals surface area contributed by atoms with Crippen LogP contribution in [0, 0.1) is 23.2 Å². The lowest BCUT2D eigenvalue weighted by Gasteiger charge is -2.26. The highest BCUT2D eigenvalue weighted by Crippen LogP contribution is 2.55. The minimum atomic E-state index is -1.26. The molecule has 6 nitrogen and oxygen atoms in total. The summed E-state index contributed by atoms with van der Waals surface area (Å²) in [6.45, 7) is 1.54. The summed E-state index contributed by atoms with van der Waals surface area (Å²) in [6.07, 6.45) is -0.533. The van der Waals surface area contributed by atoms with Gasteiger partial charge in [-0.3, -0.25) is 14.4 Å². The molecule has 5 atom stereocenters. The maximum atomic E-state index is 12.1. The van der Waals surface area contributed by atoms with Crippen molar-refractivity contribution in [1.29, 1.82) is 0 Å². The van der Waals surface area contributed by atoms with Crippen LogP contribution in [0.1, 0.15) is 19.8 Å². The van der Waals surface area contributed by atoms with Gasteiger partial charge in [0.25, 0.3) is 0 Å². The monoisotopic (exact) mass is 270 g/mol. The molecule has 2 fully saturated rings. The second-order valence-corrected chi connectivity index (χ2v) is 5.44. The Morgan fingerprint density at radius 1 is 1.32 bits per heavy atom. The Bertz CT molecular complexity index is 431. The summed E-state index contributed by atoms with van der Waals surface area (Å²) < 4.78 is 9.39. The van der Waals surface area contributed by atoms with E-state index in [9.17, 15) is 19.5 Å². The van der Waals surface area contributed by atoms with Gasteiger partial charge in [-0.25, -0.2) is 0 Å². The van der Waals surface area contributed by atoms with Crippen LogP contribution >= 0.6 is 0 Å². The maximum absolute atomic E-state index is 12.1. The van der Waals surface area contributed by atoms with Gasteiger partial charge in [0, 0.05) is 6.42 Å². The molecule has 19 heavy (non-hydrogen) atoms. The molecule has 2 aliphatic rings. The van der Waals surface area contributed by atoms with E-state index in [1.807, 2.05) is 0 Å². The second-order valence-electron chi connectivity index (χ2n) is 5.44. The molecule has 1 N–H and O–H groups in total. The van der Waals surface area contributed by atoms with E-state index in [1.54, 1.807) is 0 Å². The molecule has 0 radical (unpaired) electrons. The number of methoxy groups -OCH3 is 2. The topological polar surface area (TPSA) is 89.9 Å². The predicted molar refractivity (Wildman–Crippen MR) is 62.9 cm³/mol. The number of esters is 2. The van der Waals surface area contributed by atoms with E-state index in [-0.39, 0.29) is 30.5 Å². The third-order valence-electron chi connectivity index (χ3n) is 4.71. The van der Waals surface area contributed by atoms with E-state index in [2.05, 4.69) is 4.74 Å². The quantitative estimate of drug-likeness (QED) is 0.558. The molecular weight excluding hydrogens is 252 g/mol. The molecular formula is C13H18O6. The van der Waals surface area contributed by atoms with Gasteiger partial charge in [0.05, 0.1) is 26.2 Å². The van der Waals surface area contributed by atoms with Crippen molar-refractivity contribution in [3.8, 4) is 0 Å². The van der Waals surface area contributed by atoms with Gasteiger partial charge >= 0.3 is 11.9 Å². The summed E-state index contributed by atoms with van der Waals surface area (Å²) in [4.78, 5) is 35.8. The molecule has 0 aliphatic heterocycles. The van der Waals surface area contributed by atoms with E-state index >= 15 is 0 Å². The fraction of sp³-hybridized carbons (Fsp3) is 0.769. The molecule has 106 valence electrons. The van der Waals surface area contributed by atoms with Crippen molar-refractivity contribution in [2.24, 2.45) is 23.2 Å². The first kappa shape index (κ1) is 14.0. The van der Waals surface area contributed by atoms with E-state index in [0.29, 0.717) is 0 Å². The molecule has 0 amide bonds. The summed E-state index contributed by atoms with van der Waals surface area (Å²) in [5.41, 5.74) is -1.26. The Morgan fingerprint density at radius 3 is 2.47 bits per heavy atom. The first-order valence-corrected chi connectivity index (χ1v) is 6.25. The fourth-order valence-electron chi connectivity index (χ4n) is 3.63. The van der Waals surface area contributed by atoms with Crippen LogP contribution in [0.4, 0.5) is 0 Å². The zero-order valence-corrected chi connectivity index (χ0v) is 11.2. The first-order chi connectivity index (χ1) is 8.87. The van der Waals surface area contributed by atoms with Crippen molar-refractivity contribution in [2.45, 2.75) is 25.9 Å². The lowest BCUT2D eigenvalue weighted by Crippen LogP contribution is -2.39. The standard InChI is InChI=1S/C13H18O6/c1-13(12(17)19-3)7-5-8(14)10(11(16)18-2)6(7)4-9(13)15/h6-8,10,14H,4-5H2,1-3H3/t6-,7-,8+,10+,13-/m0/s1. The van der Waals surface area contributed by atoms with Gasteiger partial charge in [-0.2, -0.15) is 0 Å². The molecule has 2 aliphatic carbocycles. The van der Waals surface area contributed by atoms with Gasteiger partial charge in [0.15, 0.2) is 5.78 Å². The van der Waals surface area contributed by atoms with Gasteiger partial charge in [-0.15, -0.1) is 0 Å². The summed E-state index contributed by atoms with van der Waals surface area (Å²) in [6, 6.07) is 0. The van der Waals surface area contributed by atoms with E-state index in [4.69, 9.17) is 4.74 Å². The van der Waals surface area contributed by atoms with Crippen LogP contribution in [-0.2, 0) is 23.9 Å². The molecule has 0 spiro atoms. The maximum Gasteiger partial charge on any atom is 0.319 e. The number of carbonyl (C=O) groups is 3. The van der Waals surface area contributed by atoms with Gasteiger partial charge in [-0.1, -0.05) is 0 Å². The highest BCUT2D eigenvalue weighted by Gasteiger charge is 2.64. The smallest absolute Gasteiger partial charge is 0.319 e. The summed E-state index contributed by atoms with van der Waals surface area (Å²) >= 11 is 0. The van der Waals surface area contributed by atoms with Gasteiger partial charge < -0.3 is 14.6 Å². The molecule has 0 aromatic rings. The van der Waals surface area contributed by atoms with E-state index in [0.717, 1.165) is 0 Å².